The molecule has 4 nitrogen and oxygen atoms in total. The second kappa shape index (κ2) is 3.19. The van der Waals surface area contributed by atoms with Gasteiger partial charge in [0.2, 0.25) is 5.91 Å². The van der Waals surface area contributed by atoms with E-state index in [2.05, 4.69) is 5.32 Å². The Bertz CT molecular complexity index is 155. The molecule has 1 aliphatic rings. The summed E-state index contributed by atoms with van der Waals surface area (Å²) in [5.74, 6) is -0.00551. The second-order valence-electron chi connectivity index (χ2n) is 2.96. The maximum absolute atomic E-state index is 11.2. The van der Waals surface area contributed by atoms with Crippen LogP contribution in [0.15, 0.2) is 0 Å². The predicted molar refractivity (Wildman–Crippen MR) is 40.8 cm³/mol. The number of aliphatic hydroxyl groups is 1. The molecule has 4 N–H and O–H groups in total. The molecule has 64 valence electrons. The van der Waals surface area contributed by atoms with Gasteiger partial charge in [0.15, 0.2) is 0 Å². The summed E-state index contributed by atoms with van der Waals surface area (Å²) < 4.78 is 0. The van der Waals surface area contributed by atoms with E-state index in [0.717, 1.165) is 12.8 Å². The summed E-state index contributed by atoms with van der Waals surface area (Å²) in [5, 5.41) is 11.0. The first-order valence-electron chi connectivity index (χ1n) is 3.84. The Morgan fingerprint density at radius 2 is 2.27 bits per heavy atom. The molecule has 0 spiro atoms. The molecule has 1 aliphatic carbocycles. The molecule has 1 fully saturated rings. The van der Waals surface area contributed by atoms with Crippen molar-refractivity contribution in [1.29, 1.82) is 0 Å². The zero-order chi connectivity index (χ0) is 8.32. The number of nitrogens with two attached hydrogens (primary N) is 1. The van der Waals surface area contributed by atoms with Crippen molar-refractivity contribution in [3.63, 3.8) is 0 Å². The van der Waals surface area contributed by atoms with Crippen LogP contribution >= 0.6 is 0 Å². The van der Waals surface area contributed by atoms with Gasteiger partial charge >= 0.3 is 0 Å². The molecule has 0 aromatic carbocycles. The molecule has 0 unspecified atom stereocenters. The standard InChI is InChI=1S/C7H14N2O2/c8-5-7(1-2-7)6(11)9-3-4-10/h10H,1-5,8H2,(H,9,11). The second-order valence-corrected chi connectivity index (χ2v) is 2.96. The van der Waals surface area contributed by atoms with Crippen LogP contribution in [0.4, 0.5) is 0 Å². The van der Waals surface area contributed by atoms with Crippen molar-refractivity contribution in [3.05, 3.63) is 0 Å². The third kappa shape index (κ3) is 1.70. The Labute approximate surface area is 65.8 Å². The van der Waals surface area contributed by atoms with E-state index in [-0.39, 0.29) is 17.9 Å². The number of hydrogen-bond acceptors (Lipinski definition) is 3. The molecular weight excluding hydrogens is 144 g/mol. The van der Waals surface area contributed by atoms with Gasteiger partial charge in [0.05, 0.1) is 12.0 Å². The van der Waals surface area contributed by atoms with Crippen LogP contribution in [0.5, 0.6) is 0 Å². The summed E-state index contributed by atoms with van der Waals surface area (Å²) in [7, 11) is 0. The zero-order valence-electron chi connectivity index (χ0n) is 6.47. The summed E-state index contributed by atoms with van der Waals surface area (Å²) >= 11 is 0. The molecule has 0 saturated heterocycles. The number of aliphatic hydroxyl groups excluding tert-OH is 1. The molecule has 0 heterocycles. The van der Waals surface area contributed by atoms with Crippen molar-refractivity contribution < 1.29 is 9.90 Å². The lowest BCUT2D eigenvalue weighted by Gasteiger charge is -2.11. The molecule has 1 saturated carbocycles. The average molecular weight is 158 g/mol. The van der Waals surface area contributed by atoms with Crippen LogP contribution in [0.2, 0.25) is 0 Å². The molecule has 4 heteroatoms. The van der Waals surface area contributed by atoms with Gasteiger partial charge in [-0.2, -0.15) is 0 Å². The largest absolute Gasteiger partial charge is 0.395 e. The fourth-order valence-corrected chi connectivity index (χ4v) is 1.03. The number of nitrogens with one attached hydrogen (secondary N) is 1. The van der Waals surface area contributed by atoms with E-state index < -0.39 is 0 Å². The van der Waals surface area contributed by atoms with Gasteiger partial charge < -0.3 is 16.2 Å². The Balaban J connectivity index is 2.29. The van der Waals surface area contributed by atoms with Gasteiger partial charge in [-0.1, -0.05) is 0 Å². The number of hydrogen-bond donors (Lipinski definition) is 3. The fourth-order valence-electron chi connectivity index (χ4n) is 1.03. The maximum atomic E-state index is 11.2. The van der Waals surface area contributed by atoms with Crippen molar-refractivity contribution >= 4 is 5.91 Å². The number of carbonyl (C=O) groups excluding carboxylic acids is 1. The summed E-state index contributed by atoms with van der Waals surface area (Å²) in [6.45, 7) is 0.747. The van der Waals surface area contributed by atoms with E-state index >= 15 is 0 Å². The normalized spacial score (nSPS) is 19.5. The zero-order valence-corrected chi connectivity index (χ0v) is 6.47. The van der Waals surface area contributed by atoms with E-state index in [1.54, 1.807) is 0 Å². The van der Waals surface area contributed by atoms with Crippen molar-refractivity contribution in [1.82, 2.24) is 5.32 Å². The lowest BCUT2D eigenvalue weighted by Crippen LogP contribution is -2.37. The Kier molecular flexibility index (Phi) is 2.46. The SMILES string of the molecule is NCC1(C(=O)NCCO)CC1. The van der Waals surface area contributed by atoms with E-state index in [9.17, 15) is 4.79 Å². The molecule has 0 bridgehead atoms. The fraction of sp³-hybridized carbons (Fsp3) is 0.857. The lowest BCUT2D eigenvalue weighted by molar-refractivity contribution is -0.126. The third-order valence-corrected chi connectivity index (χ3v) is 2.12. The summed E-state index contributed by atoms with van der Waals surface area (Å²) in [6.07, 6.45) is 1.78. The maximum Gasteiger partial charge on any atom is 0.227 e. The first kappa shape index (κ1) is 8.49. The molecule has 11 heavy (non-hydrogen) atoms. The Morgan fingerprint density at radius 3 is 2.64 bits per heavy atom. The minimum absolute atomic E-state index is 0.00551. The summed E-state index contributed by atoms with van der Waals surface area (Å²) in [5.41, 5.74) is 5.14. The van der Waals surface area contributed by atoms with Crippen LogP contribution in [0.1, 0.15) is 12.8 Å². The highest BCUT2D eigenvalue weighted by Gasteiger charge is 2.48. The molecule has 1 rings (SSSR count). The topological polar surface area (TPSA) is 75.4 Å². The first-order valence-corrected chi connectivity index (χ1v) is 3.84. The minimum Gasteiger partial charge on any atom is -0.395 e. The van der Waals surface area contributed by atoms with Gasteiger partial charge in [0, 0.05) is 13.1 Å². The van der Waals surface area contributed by atoms with Crippen LogP contribution in [0.25, 0.3) is 0 Å². The smallest absolute Gasteiger partial charge is 0.227 e. The first-order chi connectivity index (χ1) is 5.25. The lowest BCUT2D eigenvalue weighted by atomic mass is 10.1. The molecule has 0 radical (unpaired) electrons. The van der Waals surface area contributed by atoms with Gasteiger partial charge in [-0.3, -0.25) is 4.79 Å². The van der Waals surface area contributed by atoms with Crippen molar-refractivity contribution in [3.8, 4) is 0 Å². The molecule has 1 amide bonds. The highest BCUT2D eigenvalue weighted by atomic mass is 16.3. The number of rotatable bonds is 4. The predicted octanol–water partition coefficient (Wildman–Crippen LogP) is -1.17. The van der Waals surface area contributed by atoms with Crippen LogP contribution in [-0.2, 0) is 4.79 Å². The van der Waals surface area contributed by atoms with E-state index in [1.165, 1.54) is 0 Å². The van der Waals surface area contributed by atoms with Gasteiger partial charge in [-0.05, 0) is 12.8 Å². The highest BCUT2D eigenvalue weighted by Crippen LogP contribution is 2.44. The Morgan fingerprint density at radius 1 is 1.64 bits per heavy atom. The third-order valence-electron chi connectivity index (χ3n) is 2.12. The monoisotopic (exact) mass is 158 g/mol. The van der Waals surface area contributed by atoms with E-state index in [0.29, 0.717) is 13.1 Å². The molecule has 0 atom stereocenters. The van der Waals surface area contributed by atoms with Crippen molar-refractivity contribution in [2.24, 2.45) is 11.1 Å². The van der Waals surface area contributed by atoms with Crippen LogP contribution < -0.4 is 11.1 Å². The molecule has 0 aromatic rings. The summed E-state index contributed by atoms with van der Waals surface area (Å²) in [6, 6.07) is 0. The number of amides is 1. The quantitative estimate of drug-likeness (QED) is 0.483. The van der Waals surface area contributed by atoms with Gasteiger partial charge in [0.25, 0.3) is 0 Å². The van der Waals surface area contributed by atoms with Crippen LogP contribution in [0.3, 0.4) is 0 Å². The van der Waals surface area contributed by atoms with E-state index in [1.807, 2.05) is 0 Å². The van der Waals surface area contributed by atoms with Crippen LogP contribution in [0, 0.1) is 5.41 Å². The van der Waals surface area contributed by atoms with Gasteiger partial charge in [-0.25, -0.2) is 0 Å². The summed E-state index contributed by atoms with van der Waals surface area (Å²) in [4.78, 5) is 11.2. The average Bonchev–Trinajstić information content (AvgIpc) is 2.80. The van der Waals surface area contributed by atoms with Crippen LogP contribution in [-0.4, -0.2) is 30.7 Å². The van der Waals surface area contributed by atoms with Gasteiger partial charge in [-0.15, -0.1) is 0 Å². The molecule has 0 aliphatic heterocycles. The van der Waals surface area contributed by atoms with Crippen molar-refractivity contribution in [2.45, 2.75) is 12.8 Å². The van der Waals surface area contributed by atoms with E-state index in [4.69, 9.17) is 10.8 Å². The molecule has 0 aromatic heterocycles. The van der Waals surface area contributed by atoms with Crippen molar-refractivity contribution in [2.75, 3.05) is 19.7 Å². The molecular formula is C7H14N2O2. The minimum atomic E-state index is -0.283. The Hall–Kier alpha value is -0.610. The highest BCUT2D eigenvalue weighted by molar-refractivity contribution is 5.85. The number of carbonyl (C=O) groups is 1. The van der Waals surface area contributed by atoms with Gasteiger partial charge in [0.1, 0.15) is 0 Å².